The van der Waals surface area contributed by atoms with Gasteiger partial charge in [-0.25, -0.2) is 0 Å². The predicted molar refractivity (Wildman–Crippen MR) is 37.1 cm³/mol. The van der Waals surface area contributed by atoms with Crippen LogP contribution in [0.1, 0.15) is 12.8 Å². The molecule has 0 aromatic carbocycles. The highest BCUT2D eigenvalue weighted by atomic mass is 15.2. The normalized spacial score (nSPS) is 50.7. The molecule has 52 valence electrons. The van der Waals surface area contributed by atoms with Crippen molar-refractivity contribution in [3.8, 4) is 0 Å². The lowest BCUT2D eigenvalue weighted by Crippen LogP contribution is -2.34. The van der Waals surface area contributed by atoms with E-state index in [0.717, 1.165) is 12.0 Å². The second kappa shape index (κ2) is 1.70. The number of hydrogen-bond acceptors (Lipinski definition) is 2. The van der Waals surface area contributed by atoms with E-state index >= 15 is 0 Å². The summed E-state index contributed by atoms with van der Waals surface area (Å²) in [5.41, 5.74) is 5.93. The summed E-state index contributed by atoms with van der Waals surface area (Å²) in [7, 11) is 2.18. The van der Waals surface area contributed by atoms with Gasteiger partial charge in [0.05, 0.1) is 0 Å². The van der Waals surface area contributed by atoms with Crippen LogP contribution in [-0.2, 0) is 0 Å². The Morgan fingerprint density at radius 2 is 2.22 bits per heavy atom. The highest BCUT2D eigenvalue weighted by Crippen LogP contribution is 2.35. The van der Waals surface area contributed by atoms with Gasteiger partial charge in [-0.3, -0.25) is 0 Å². The second-order valence-electron chi connectivity index (χ2n) is 3.42. The molecule has 2 fully saturated rings. The zero-order chi connectivity index (χ0) is 6.43. The highest BCUT2D eigenvalue weighted by Gasteiger charge is 2.42. The molecule has 2 heteroatoms. The van der Waals surface area contributed by atoms with Crippen LogP contribution in [0.5, 0.6) is 0 Å². The molecule has 2 rings (SSSR count). The van der Waals surface area contributed by atoms with Crippen molar-refractivity contribution >= 4 is 0 Å². The molecule has 2 nitrogen and oxygen atoms in total. The van der Waals surface area contributed by atoms with Gasteiger partial charge in [-0.15, -0.1) is 0 Å². The summed E-state index contributed by atoms with van der Waals surface area (Å²) in [5, 5.41) is 0. The SMILES string of the molecule is CN1C[C@H]2CC[C@@H]1[C@@H]2N. The molecule has 1 saturated carbocycles. The Labute approximate surface area is 56.0 Å². The molecule has 2 bridgehead atoms. The van der Waals surface area contributed by atoms with E-state index in [1.165, 1.54) is 19.4 Å². The molecule has 1 saturated heterocycles. The smallest absolute Gasteiger partial charge is 0.0247 e. The van der Waals surface area contributed by atoms with Gasteiger partial charge in [-0.05, 0) is 25.8 Å². The fourth-order valence-corrected chi connectivity index (χ4v) is 2.32. The first-order valence-corrected chi connectivity index (χ1v) is 3.75. The summed E-state index contributed by atoms with van der Waals surface area (Å²) in [6, 6.07) is 1.21. The summed E-state index contributed by atoms with van der Waals surface area (Å²) in [6.45, 7) is 1.24. The number of likely N-dealkylation sites (N-methyl/N-ethyl adjacent to an activating group) is 1. The van der Waals surface area contributed by atoms with E-state index in [2.05, 4.69) is 11.9 Å². The molecule has 9 heavy (non-hydrogen) atoms. The van der Waals surface area contributed by atoms with Crippen LogP contribution in [0, 0.1) is 5.92 Å². The maximum Gasteiger partial charge on any atom is 0.0247 e. The molecule has 1 aliphatic carbocycles. The van der Waals surface area contributed by atoms with Crippen molar-refractivity contribution < 1.29 is 0 Å². The van der Waals surface area contributed by atoms with Gasteiger partial charge in [0.1, 0.15) is 0 Å². The van der Waals surface area contributed by atoms with E-state index in [0.29, 0.717) is 6.04 Å². The first-order chi connectivity index (χ1) is 4.29. The minimum Gasteiger partial charge on any atom is -0.326 e. The Hall–Kier alpha value is -0.0800. The Balaban J connectivity index is 2.16. The van der Waals surface area contributed by atoms with Gasteiger partial charge < -0.3 is 10.6 Å². The van der Waals surface area contributed by atoms with Crippen LogP contribution in [0.3, 0.4) is 0 Å². The second-order valence-corrected chi connectivity index (χ2v) is 3.42. The van der Waals surface area contributed by atoms with Gasteiger partial charge in [0.2, 0.25) is 0 Å². The topological polar surface area (TPSA) is 29.3 Å². The van der Waals surface area contributed by atoms with E-state index in [4.69, 9.17) is 5.73 Å². The van der Waals surface area contributed by atoms with Crippen LogP contribution in [0.4, 0.5) is 0 Å². The molecular weight excluding hydrogens is 112 g/mol. The molecule has 0 unspecified atom stereocenters. The van der Waals surface area contributed by atoms with Gasteiger partial charge in [0.25, 0.3) is 0 Å². The molecule has 0 amide bonds. The van der Waals surface area contributed by atoms with Crippen molar-refractivity contribution in [1.29, 1.82) is 0 Å². The van der Waals surface area contributed by atoms with E-state index in [9.17, 15) is 0 Å². The first-order valence-electron chi connectivity index (χ1n) is 3.75. The zero-order valence-corrected chi connectivity index (χ0v) is 5.88. The average Bonchev–Trinajstić information content (AvgIpc) is 2.25. The van der Waals surface area contributed by atoms with E-state index in [1.54, 1.807) is 0 Å². The van der Waals surface area contributed by atoms with Gasteiger partial charge in [0.15, 0.2) is 0 Å². The van der Waals surface area contributed by atoms with Crippen LogP contribution in [0.25, 0.3) is 0 Å². The molecule has 1 heterocycles. The zero-order valence-electron chi connectivity index (χ0n) is 5.88. The maximum atomic E-state index is 5.93. The molecule has 3 atom stereocenters. The van der Waals surface area contributed by atoms with Crippen molar-refractivity contribution in [1.82, 2.24) is 4.90 Å². The summed E-state index contributed by atoms with van der Waals surface area (Å²) in [5.74, 6) is 0.819. The van der Waals surface area contributed by atoms with Crippen LogP contribution >= 0.6 is 0 Å². The predicted octanol–water partition coefficient (Wildman–Crippen LogP) is 0.0377. The molecular formula is C7H14N2. The Kier molecular flexibility index (Phi) is 1.08. The fourth-order valence-electron chi connectivity index (χ4n) is 2.32. The number of rotatable bonds is 0. The third-order valence-corrected chi connectivity index (χ3v) is 2.91. The highest BCUT2D eigenvalue weighted by molar-refractivity contribution is 5.00. The Bertz CT molecular complexity index is 124. The van der Waals surface area contributed by atoms with Crippen molar-refractivity contribution in [2.75, 3.05) is 13.6 Å². The molecule has 0 aromatic rings. The number of hydrogen-bond donors (Lipinski definition) is 1. The molecule has 1 aliphatic heterocycles. The fraction of sp³-hybridized carbons (Fsp3) is 1.00. The minimum absolute atomic E-state index is 0.495. The maximum absolute atomic E-state index is 5.93. The Morgan fingerprint density at radius 3 is 2.44 bits per heavy atom. The number of nitrogens with zero attached hydrogens (tertiary/aromatic N) is 1. The van der Waals surface area contributed by atoms with Crippen molar-refractivity contribution in [2.24, 2.45) is 11.7 Å². The molecule has 0 aromatic heterocycles. The van der Waals surface area contributed by atoms with E-state index in [-0.39, 0.29) is 0 Å². The third kappa shape index (κ3) is 0.634. The Morgan fingerprint density at radius 1 is 1.44 bits per heavy atom. The lowest BCUT2D eigenvalue weighted by atomic mass is 10.1. The van der Waals surface area contributed by atoms with Crippen LogP contribution in [0.15, 0.2) is 0 Å². The largest absolute Gasteiger partial charge is 0.326 e. The van der Waals surface area contributed by atoms with Gasteiger partial charge in [-0.1, -0.05) is 0 Å². The van der Waals surface area contributed by atoms with Crippen molar-refractivity contribution in [3.63, 3.8) is 0 Å². The van der Waals surface area contributed by atoms with Crippen LogP contribution < -0.4 is 5.73 Å². The van der Waals surface area contributed by atoms with Crippen LogP contribution in [-0.4, -0.2) is 30.6 Å². The number of fused-ring (bicyclic) bond motifs is 2. The molecule has 0 radical (unpaired) electrons. The molecule has 2 N–H and O–H groups in total. The lowest BCUT2D eigenvalue weighted by Gasteiger charge is -2.21. The lowest BCUT2D eigenvalue weighted by molar-refractivity contribution is 0.259. The van der Waals surface area contributed by atoms with Gasteiger partial charge in [0, 0.05) is 18.6 Å². The van der Waals surface area contributed by atoms with Crippen molar-refractivity contribution in [2.45, 2.75) is 24.9 Å². The van der Waals surface area contributed by atoms with Crippen molar-refractivity contribution in [3.05, 3.63) is 0 Å². The number of piperidine rings is 1. The first kappa shape index (κ1) is 5.69. The van der Waals surface area contributed by atoms with Gasteiger partial charge in [-0.2, -0.15) is 0 Å². The number of nitrogens with two attached hydrogens (primary N) is 1. The van der Waals surface area contributed by atoms with Crippen LogP contribution in [0.2, 0.25) is 0 Å². The van der Waals surface area contributed by atoms with Gasteiger partial charge >= 0.3 is 0 Å². The average molecular weight is 126 g/mol. The molecule has 2 aliphatic rings. The summed E-state index contributed by atoms with van der Waals surface area (Å²) in [6.07, 6.45) is 2.71. The van der Waals surface area contributed by atoms with E-state index in [1.807, 2.05) is 0 Å². The minimum atomic E-state index is 0.495. The monoisotopic (exact) mass is 126 g/mol. The summed E-state index contributed by atoms with van der Waals surface area (Å²) < 4.78 is 0. The summed E-state index contributed by atoms with van der Waals surface area (Å²) >= 11 is 0. The number of likely N-dealkylation sites (tertiary alicyclic amines) is 1. The third-order valence-electron chi connectivity index (χ3n) is 2.91. The molecule has 0 spiro atoms. The summed E-state index contributed by atoms with van der Waals surface area (Å²) in [4.78, 5) is 2.40. The standard InChI is InChI=1S/C7H14N2/c1-9-4-5-2-3-6(9)7(5)8/h5-7H,2-4,8H2,1H3/t5-,6-,7-/m1/s1. The quantitative estimate of drug-likeness (QED) is 0.496. The van der Waals surface area contributed by atoms with E-state index < -0.39 is 0 Å².